The molecule has 2 aliphatic carbocycles. The Balaban J connectivity index is 0.945. The van der Waals surface area contributed by atoms with Crippen LogP contribution in [0.1, 0.15) is 114 Å². The lowest BCUT2D eigenvalue weighted by Crippen LogP contribution is -2.31. The van der Waals surface area contributed by atoms with Crippen LogP contribution in [0.5, 0.6) is 11.5 Å². The van der Waals surface area contributed by atoms with E-state index in [1.165, 1.54) is 56.1 Å². The molecule has 1 aliphatic heterocycles. The van der Waals surface area contributed by atoms with Gasteiger partial charge in [-0.1, -0.05) is 138 Å². The van der Waals surface area contributed by atoms with Crippen LogP contribution in [0.2, 0.25) is 0 Å². The Bertz CT molecular complexity index is 3340. The molecule has 0 bridgehead atoms. The fourth-order valence-corrected chi connectivity index (χ4v) is 14.6. The zero-order valence-corrected chi connectivity index (χ0v) is 47.2. The molecule has 0 spiro atoms. The Kier molecular flexibility index (Phi) is 15.3. The summed E-state index contributed by atoms with van der Waals surface area (Å²) in [5.41, 5.74) is 16.2. The molecule has 2 amide bonds. The van der Waals surface area contributed by atoms with E-state index in [1.807, 2.05) is 0 Å². The minimum absolute atomic E-state index is 0.137. The number of ether oxygens (including phenoxy) is 2. The van der Waals surface area contributed by atoms with Gasteiger partial charge >= 0.3 is 0 Å². The molecule has 398 valence electrons. The highest BCUT2D eigenvalue weighted by Gasteiger charge is 2.44. The summed E-state index contributed by atoms with van der Waals surface area (Å²) >= 11 is 3.48. The number of imide groups is 1. The molecule has 9 aromatic rings. The van der Waals surface area contributed by atoms with Crippen molar-refractivity contribution in [2.24, 2.45) is 0 Å². The first kappa shape index (κ1) is 52.0. The van der Waals surface area contributed by atoms with Crippen molar-refractivity contribution >= 4 is 67.2 Å². The molecule has 0 N–H and O–H groups in total. The van der Waals surface area contributed by atoms with E-state index in [4.69, 9.17) is 9.47 Å². The van der Waals surface area contributed by atoms with Crippen LogP contribution >= 0.6 is 22.7 Å². The lowest BCUT2D eigenvalue weighted by molar-refractivity contribution is 0.0650. The summed E-state index contributed by atoms with van der Waals surface area (Å²) in [5, 5.41) is 2.20. The summed E-state index contributed by atoms with van der Waals surface area (Å²) in [5.74, 6) is 1.26. The van der Waals surface area contributed by atoms with Crippen LogP contribution in [0.15, 0.2) is 170 Å². The standard InChI is InChI=1S/C70H67N3O4S2/c1-4-5-6-7-8-9-10-11-12-25-42-71-69(74)67-53-36-34-47-43-57(61-38-40-63(78-61)72(49-26-17-13-18-27-49)50-28-19-14-20-29-50)59(76-2)45-55(47)65(53)66-54(68(67)70(71)75)37-35-48-44-58(60(77-3)46-56(48)66)62-39-41-64(79-62)73(51-30-21-15-22-31-51)52-32-23-16-24-33-52/h13-24,26-33,38-41,43-46H,4-12,25,34-37,42H2,1-3H3. The van der Waals surface area contributed by atoms with Crippen LogP contribution in [-0.4, -0.2) is 37.5 Å². The average Bonchev–Trinajstić information content (AvgIpc) is 4.00. The minimum Gasteiger partial charge on any atom is -0.496 e. The molecule has 12 rings (SSSR count). The van der Waals surface area contributed by atoms with Gasteiger partial charge in [-0.3, -0.25) is 14.5 Å². The quantitative estimate of drug-likeness (QED) is 0.0528. The molecule has 79 heavy (non-hydrogen) atoms. The lowest BCUT2D eigenvalue weighted by atomic mass is 9.71. The highest BCUT2D eigenvalue weighted by molar-refractivity contribution is 7.20. The van der Waals surface area contributed by atoms with Crippen LogP contribution in [-0.2, 0) is 25.7 Å². The molecule has 9 heteroatoms. The van der Waals surface area contributed by atoms with Crippen LogP contribution in [0.3, 0.4) is 0 Å². The first-order chi connectivity index (χ1) is 38.9. The Morgan fingerprint density at radius 2 is 0.785 bits per heavy atom. The molecule has 7 aromatic carbocycles. The summed E-state index contributed by atoms with van der Waals surface area (Å²) in [7, 11) is 3.51. The monoisotopic (exact) mass is 1080 g/mol. The number of unbranched alkanes of at least 4 members (excludes halogenated alkanes) is 9. The number of hydrogen-bond acceptors (Lipinski definition) is 8. The SMILES string of the molecule is CCCCCCCCCCCCN1C(=O)c2c3c(c4c(c2C1=O)CCc1cc(-c2ccc(N(c5ccccc5)c5ccccc5)s2)c(OC)cc1-4)-c1cc(OC)c(-c2ccc(N(c4ccccc4)c4ccccc4)s2)cc1CC3. The highest BCUT2D eigenvalue weighted by atomic mass is 32.1. The molecule has 0 unspecified atom stereocenters. The zero-order valence-electron chi connectivity index (χ0n) is 45.6. The molecule has 0 saturated carbocycles. The molecule has 0 fully saturated rings. The van der Waals surface area contributed by atoms with E-state index in [0.29, 0.717) is 30.5 Å². The van der Waals surface area contributed by atoms with Gasteiger partial charge in [0.15, 0.2) is 0 Å². The third-order valence-electron chi connectivity index (χ3n) is 16.3. The molecule has 0 atom stereocenters. The molecule has 7 nitrogen and oxygen atoms in total. The third-order valence-corrected chi connectivity index (χ3v) is 18.5. The van der Waals surface area contributed by atoms with Crippen molar-refractivity contribution in [1.29, 1.82) is 0 Å². The van der Waals surface area contributed by atoms with Gasteiger partial charge in [0.25, 0.3) is 11.8 Å². The topological polar surface area (TPSA) is 62.3 Å². The number of benzene rings is 7. The minimum atomic E-state index is -0.137. The summed E-state index contributed by atoms with van der Waals surface area (Å²) in [4.78, 5) is 38.5. The number of carbonyl (C=O) groups excluding carboxylic acids is 2. The summed E-state index contributed by atoms with van der Waals surface area (Å²) < 4.78 is 12.8. The smallest absolute Gasteiger partial charge is 0.261 e. The van der Waals surface area contributed by atoms with E-state index in [-0.39, 0.29) is 11.8 Å². The van der Waals surface area contributed by atoms with Gasteiger partial charge in [0.05, 0.1) is 25.3 Å². The molecule has 3 heterocycles. The number of aryl methyl sites for hydroxylation is 2. The summed E-state index contributed by atoms with van der Waals surface area (Å²) in [6.45, 7) is 2.70. The van der Waals surface area contributed by atoms with E-state index in [1.54, 1.807) is 41.8 Å². The average molecular weight is 1080 g/mol. The van der Waals surface area contributed by atoms with Crippen molar-refractivity contribution in [3.8, 4) is 54.6 Å². The van der Waals surface area contributed by atoms with E-state index in [9.17, 15) is 0 Å². The second-order valence-corrected chi connectivity index (χ2v) is 23.2. The number of methoxy groups -OCH3 is 2. The number of rotatable bonds is 21. The molecular weight excluding hydrogens is 1010 g/mol. The summed E-state index contributed by atoms with van der Waals surface area (Å²) in [6.07, 6.45) is 14.6. The number of para-hydroxylation sites is 4. The fraction of sp³-hybridized carbons (Fsp3) is 0.257. The number of carbonyl (C=O) groups is 2. The van der Waals surface area contributed by atoms with Gasteiger partial charge in [-0.2, -0.15) is 0 Å². The number of hydrogen-bond donors (Lipinski definition) is 0. The number of anilines is 6. The maximum absolute atomic E-state index is 15.0. The van der Waals surface area contributed by atoms with E-state index < -0.39 is 0 Å². The van der Waals surface area contributed by atoms with Crippen LogP contribution < -0.4 is 19.3 Å². The maximum atomic E-state index is 15.0. The Morgan fingerprint density at radius 1 is 0.418 bits per heavy atom. The van der Waals surface area contributed by atoms with Crippen molar-refractivity contribution in [2.45, 2.75) is 96.8 Å². The van der Waals surface area contributed by atoms with Crippen LogP contribution in [0.25, 0.3) is 43.1 Å². The van der Waals surface area contributed by atoms with E-state index in [0.717, 1.165) is 131 Å². The molecule has 0 radical (unpaired) electrons. The molecule has 2 aromatic heterocycles. The van der Waals surface area contributed by atoms with Gasteiger partial charge in [-0.25, -0.2) is 0 Å². The second-order valence-electron chi connectivity index (χ2n) is 21.1. The van der Waals surface area contributed by atoms with Gasteiger partial charge in [-0.15, -0.1) is 22.7 Å². The molecular formula is C70H67N3O4S2. The Labute approximate surface area is 473 Å². The number of thiophene rings is 2. The fourth-order valence-electron chi connectivity index (χ4n) is 12.4. The molecule has 0 saturated heterocycles. The lowest BCUT2D eigenvalue weighted by Gasteiger charge is -2.32. The predicted molar refractivity (Wildman–Crippen MR) is 328 cm³/mol. The highest BCUT2D eigenvalue weighted by Crippen LogP contribution is 2.55. The van der Waals surface area contributed by atoms with Gasteiger partial charge in [0, 0.05) is 50.2 Å². The Morgan fingerprint density at radius 3 is 1.15 bits per heavy atom. The first-order valence-corrected chi connectivity index (χ1v) is 30.1. The van der Waals surface area contributed by atoms with Crippen molar-refractivity contribution in [3.63, 3.8) is 0 Å². The maximum Gasteiger partial charge on any atom is 0.261 e. The van der Waals surface area contributed by atoms with Crippen molar-refractivity contribution < 1.29 is 19.1 Å². The number of amides is 2. The van der Waals surface area contributed by atoms with Gasteiger partial charge in [0.2, 0.25) is 0 Å². The van der Waals surface area contributed by atoms with E-state index in [2.05, 4.69) is 187 Å². The van der Waals surface area contributed by atoms with Crippen LogP contribution in [0, 0.1) is 0 Å². The normalized spacial score (nSPS) is 13.1. The van der Waals surface area contributed by atoms with Crippen LogP contribution in [0.4, 0.5) is 32.8 Å². The third kappa shape index (κ3) is 10.1. The Hall–Kier alpha value is -7.72. The van der Waals surface area contributed by atoms with E-state index >= 15 is 9.59 Å². The van der Waals surface area contributed by atoms with Gasteiger partial charge in [0.1, 0.15) is 21.5 Å². The number of fused-ring (bicyclic) bond motifs is 10. The number of nitrogens with zero attached hydrogens (tertiary/aromatic N) is 3. The van der Waals surface area contributed by atoms with Gasteiger partial charge < -0.3 is 19.3 Å². The van der Waals surface area contributed by atoms with Gasteiger partial charge in [-0.05, 0) is 174 Å². The largest absolute Gasteiger partial charge is 0.496 e. The van der Waals surface area contributed by atoms with Crippen molar-refractivity contribution in [2.75, 3.05) is 30.6 Å². The predicted octanol–water partition coefficient (Wildman–Crippen LogP) is 19.1. The summed E-state index contributed by atoms with van der Waals surface area (Å²) in [6, 6.07) is 59.9. The second kappa shape index (κ2) is 23.3. The zero-order chi connectivity index (χ0) is 53.8. The van der Waals surface area contributed by atoms with Crippen molar-refractivity contribution in [3.05, 3.63) is 203 Å². The van der Waals surface area contributed by atoms with Crippen molar-refractivity contribution in [1.82, 2.24) is 4.90 Å². The first-order valence-electron chi connectivity index (χ1n) is 28.4. The molecule has 3 aliphatic rings.